The van der Waals surface area contributed by atoms with Crippen LogP contribution in [0.1, 0.15) is 19.4 Å². The normalized spacial score (nSPS) is 23.8. The van der Waals surface area contributed by atoms with Crippen molar-refractivity contribution in [3.8, 4) is 0 Å². The van der Waals surface area contributed by atoms with Crippen molar-refractivity contribution < 1.29 is 14.2 Å². The lowest BCUT2D eigenvalue weighted by atomic mass is 10.2. The van der Waals surface area contributed by atoms with Gasteiger partial charge in [-0.05, 0) is 19.4 Å². The van der Waals surface area contributed by atoms with Crippen LogP contribution in [0.3, 0.4) is 0 Å². The van der Waals surface area contributed by atoms with E-state index in [1.807, 2.05) is 44.2 Å². The summed E-state index contributed by atoms with van der Waals surface area (Å²) < 4.78 is 17.1. The minimum Gasteiger partial charge on any atom is -0.367 e. The highest BCUT2D eigenvalue weighted by molar-refractivity contribution is 5.13. The summed E-state index contributed by atoms with van der Waals surface area (Å²) in [5.41, 5.74) is 1.14. The SMILES string of the molecule is C=C[C@@H](OCc1ccccc1)[C@@H]1COC(C)(C)O1. The molecule has 0 N–H and O–H groups in total. The van der Waals surface area contributed by atoms with Gasteiger partial charge in [-0.15, -0.1) is 6.58 Å². The number of ether oxygens (including phenoxy) is 3. The topological polar surface area (TPSA) is 27.7 Å². The predicted molar refractivity (Wildman–Crippen MR) is 70.1 cm³/mol. The molecule has 0 aromatic heterocycles. The van der Waals surface area contributed by atoms with E-state index in [0.29, 0.717) is 13.2 Å². The van der Waals surface area contributed by atoms with E-state index in [1.54, 1.807) is 6.08 Å². The van der Waals surface area contributed by atoms with Gasteiger partial charge in [0.05, 0.1) is 13.2 Å². The average molecular weight is 248 g/mol. The van der Waals surface area contributed by atoms with Crippen LogP contribution >= 0.6 is 0 Å². The molecule has 0 amide bonds. The molecule has 1 fully saturated rings. The van der Waals surface area contributed by atoms with Crippen molar-refractivity contribution >= 4 is 0 Å². The summed E-state index contributed by atoms with van der Waals surface area (Å²) in [6, 6.07) is 10.1. The molecule has 0 unspecified atom stereocenters. The summed E-state index contributed by atoms with van der Waals surface area (Å²) in [6.07, 6.45) is 1.55. The Morgan fingerprint density at radius 3 is 2.72 bits per heavy atom. The molecule has 0 spiro atoms. The van der Waals surface area contributed by atoms with Gasteiger partial charge in [0, 0.05) is 0 Å². The maximum Gasteiger partial charge on any atom is 0.163 e. The Hall–Kier alpha value is -1.16. The van der Waals surface area contributed by atoms with E-state index in [0.717, 1.165) is 5.56 Å². The molecular formula is C15H20O3. The van der Waals surface area contributed by atoms with Crippen LogP contribution in [0.2, 0.25) is 0 Å². The van der Waals surface area contributed by atoms with Crippen LogP contribution in [-0.4, -0.2) is 24.6 Å². The highest BCUT2D eigenvalue weighted by atomic mass is 16.7. The molecule has 2 rings (SSSR count). The number of hydrogen-bond acceptors (Lipinski definition) is 3. The second kappa shape index (κ2) is 5.65. The van der Waals surface area contributed by atoms with Crippen molar-refractivity contribution in [3.05, 3.63) is 48.6 Å². The van der Waals surface area contributed by atoms with Gasteiger partial charge in [0.2, 0.25) is 0 Å². The summed E-state index contributed by atoms with van der Waals surface area (Å²) >= 11 is 0. The minimum absolute atomic E-state index is 0.0822. The molecule has 1 aliphatic rings. The molecule has 2 atom stereocenters. The highest BCUT2D eigenvalue weighted by Crippen LogP contribution is 2.26. The van der Waals surface area contributed by atoms with E-state index >= 15 is 0 Å². The van der Waals surface area contributed by atoms with Gasteiger partial charge in [0.25, 0.3) is 0 Å². The molecule has 1 aromatic rings. The second-order valence-corrected chi connectivity index (χ2v) is 4.86. The van der Waals surface area contributed by atoms with Crippen LogP contribution in [0.4, 0.5) is 0 Å². The van der Waals surface area contributed by atoms with Gasteiger partial charge in [0.15, 0.2) is 5.79 Å². The van der Waals surface area contributed by atoms with E-state index in [2.05, 4.69) is 6.58 Å². The van der Waals surface area contributed by atoms with Crippen molar-refractivity contribution in [2.45, 2.75) is 38.4 Å². The van der Waals surface area contributed by atoms with E-state index < -0.39 is 5.79 Å². The lowest BCUT2D eigenvalue weighted by Crippen LogP contribution is -2.31. The van der Waals surface area contributed by atoms with Crippen LogP contribution < -0.4 is 0 Å². The van der Waals surface area contributed by atoms with E-state index in [-0.39, 0.29) is 12.2 Å². The molecular weight excluding hydrogens is 228 g/mol. The molecule has 1 heterocycles. The Morgan fingerprint density at radius 1 is 1.44 bits per heavy atom. The molecule has 0 aliphatic carbocycles. The zero-order valence-electron chi connectivity index (χ0n) is 11.0. The van der Waals surface area contributed by atoms with Gasteiger partial charge in [-0.1, -0.05) is 36.4 Å². The monoisotopic (exact) mass is 248 g/mol. The number of benzene rings is 1. The van der Waals surface area contributed by atoms with E-state index in [1.165, 1.54) is 0 Å². The third-order valence-corrected chi connectivity index (χ3v) is 2.91. The Balaban J connectivity index is 1.89. The quantitative estimate of drug-likeness (QED) is 0.750. The van der Waals surface area contributed by atoms with Crippen LogP contribution in [0, 0.1) is 0 Å². The first kappa shape index (κ1) is 13.3. The summed E-state index contributed by atoms with van der Waals surface area (Å²) in [6.45, 7) is 8.71. The van der Waals surface area contributed by atoms with E-state index in [4.69, 9.17) is 14.2 Å². The number of rotatable bonds is 5. The fourth-order valence-electron chi connectivity index (χ4n) is 1.97. The van der Waals surface area contributed by atoms with Crippen molar-refractivity contribution in [2.75, 3.05) is 6.61 Å². The summed E-state index contributed by atoms with van der Waals surface area (Å²) in [5.74, 6) is -0.526. The van der Waals surface area contributed by atoms with Gasteiger partial charge >= 0.3 is 0 Å². The first-order valence-corrected chi connectivity index (χ1v) is 6.20. The first-order chi connectivity index (χ1) is 8.61. The molecule has 98 valence electrons. The minimum atomic E-state index is -0.526. The Kier molecular flexibility index (Phi) is 4.17. The van der Waals surface area contributed by atoms with Crippen molar-refractivity contribution in [1.82, 2.24) is 0 Å². The summed E-state index contributed by atoms with van der Waals surface area (Å²) in [5, 5.41) is 0. The third kappa shape index (κ3) is 3.42. The lowest BCUT2D eigenvalue weighted by Gasteiger charge is -2.22. The smallest absolute Gasteiger partial charge is 0.163 e. The van der Waals surface area contributed by atoms with Crippen molar-refractivity contribution in [1.29, 1.82) is 0 Å². The standard InChI is InChI=1S/C15H20O3/c1-4-13(14-11-17-15(2,3)18-14)16-10-12-8-6-5-7-9-12/h4-9,13-14H,1,10-11H2,2-3H3/t13-,14+/m1/s1. The molecule has 18 heavy (non-hydrogen) atoms. The van der Waals surface area contributed by atoms with Gasteiger partial charge in [0.1, 0.15) is 12.2 Å². The highest BCUT2D eigenvalue weighted by Gasteiger charge is 2.36. The third-order valence-electron chi connectivity index (χ3n) is 2.91. The lowest BCUT2D eigenvalue weighted by molar-refractivity contribution is -0.152. The molecule has 0 radical (unpaired) electrons. The maximum atomic E-state index is 5.83. The van der Waals surface area contributed by atoms with Crippen LogP contribution in [-0.2, 0) is 20.8 Å². The zero-order chi connectivity index (χ0) is 13.0. The predicted octanol–water partition coefficient (Wildman–Crippen LogP) is 2.91. The van der Waals surface area contributed by atoms with Crippen molar-refractivity contribution in [2.24, 2.45) is 0 Å². The fraction of sp³-hybridized carbons (Fsp3) is 0.467. The molecule has 3 heteroatoms. The Bertz CT molecular complexity index is 386. The molecule has 1 aromatic carbocycles. The fourth-order valence-corrected chi connectivity index (χ4v) is 1.97. The largest absolute Gasteiger partial charge is 0.367 e. The zero-order valence-corrected chi connectivity index (χ0v) is 11.0. The molecule has 1 aliphatic heterocycles. The number of hydrogen-bond donors (Lipinski definition) is 0. The maximum absolute atomic E-state index is 5.83. The summed E-state index contributed by atoms with van der Waals surface area (Å²) in [4.78, 5) is 0. The van der Waals surface area contributed by atoms with Gasteiger partial charge in [-0.3, -0.25) is 0 Å². The average Bonchev–Trinajstić information content (AvgIpc) is 2.72. The van der Waals surface area contributed by atoms with Crippen molar-refractivity contribution in [3.63, 3.8) is 0 Å². The van der Waals surface area contributed by atoms with E-state index in [9.17, 15) is 0 Å². The Morgan fingerprint density at radius 2 is 2.17 bits per heavy atom. The van der Waals surface area contributed by atoms with Crippen LogP contribution in [0.15, 0.2) is 43.0 Å². The van der Waals surface area contributed by atoms with Gasteiger partial charge < -0.3 is 14.2 Å². The molecule has 3 nitrogen and oxygen atoms in total. The molecule has 1 saturated heterocycles. The van der Waals surface area contributed by atoms with Crippen LogP contribution in [0.5, 0.6) is 0 Å². The second-order valence-electron chi connectivity index (χ2n) is 4.86. The van der Waals surface area contributed by atoms with Crippen LogP contribution in [0.25, 0.3) is 0 Å². The van der Waals surface area contributed by atoms with Gasteiger partial charge in [-0.2, -0.15) is 0 Å². The molecule has 0 bridgehead atoms. The van der Waals surface area contributed by atoms with Gasteiger partial charge in [-0.25, -0.2) is 0 Å². The summed E-state index contributed by atoms with van der Waals surface area (Å²) in [7, 11) is 0. The molecule has 0 saturated carbocycles. The Labute approximate surface area is 108 Å². The first-order valence-electron chi connectivity index (χ1n) is 6.20.